The normalized spacial score (nSPS) is 11.9. The lowest BCUT2D eigenvalue weighted by molar-refractivity contribution is 0.207. The number of hydrogen-bond donors (Lipinski definition) is 2. The summed E-state index contributed by atoms with van der Waals surface area (Å²) in [5.74, 6) is 0.929. The molecule has 0 unspecified atom stereocenters. The highest BCUT2D eigenvalue weighted by atomic mass is 35.5. The Morgan fingerprint density at radius 1 is 1.00 bits per heavy atom. The number of rotatable bonds is 8. The van der Waals surface area contributed by atoms with Crippen LogP contribution in [-0.4, -0.2) is 40.7 Å². The van der Waals surface area contributed by atoms with E-state index in [9.17, 15) is 0 Å². The molecule has 0 fully saturated rings. The molecule has 0 spiro atoms. The number of nitrogens with two attached hydrogens (primary N) is 1. The minimum atomic E-state index is -0.522. The van der Waals surface area contributed by atoms with Crippen LogP contribution in [0.2, 0.25) is 15.1 Å². The van der Waals surface area contributed by atoms with Gasteiger partial charge in [-0.1, -0.05) is 46.1 Å². The van der Waals surface area contributed by atoms with Crippen LogP contribution in [0.25, 0.3) is 21.1 Å². The molecule has 31 heavy (non-hydrogen) atoms. The SMILES string of the molecule is CC(C)Oc1ccc(-c2nnc(-c3cc(Cl)c(OC[C@H](N)CO)c(Cl)c3)s2)cc1Cl.Cl. The van der Waals surface area contributed by atoms with Crippen LogP contribution >= 0.6 is 58.5 Å². The lowest BCUT2D eigenvalue weighted by atomic mass is 10.2. The highest BCUT2D eigenvalue weighted by Gasteiger charge is 2.16. The summed E-state index contributed by atoms with van der Waals surface area (Å²) in [6.07, 6.45) is 0.0299. The van der Waals surface area contributed by atoms with Gasteiger partial charge in [0.2, 0.25) is 0 Å². The fourth-order valence-corrected chi connectivity index (χ4v) is 4.15. The fraction of sp³-hybridized carbons (Fsp3) is 0.300. The van der Waals surface area contributed by atoms with E-state index in [2.05, 4.69) is 10.2 Å². The molecule has 0 aliphatic carbocycles. The Labute approximate surface area is 205 Å². The van der Waals surface area contributed by atoms with E-state index in [4.69, 9.17) is 55.1 Å². The van der Waals surface area contributed by atoms with Gasteiger partial charge in [0.25, 0.3) is 0 Å². The van der Waals surface area contributed by atoms with Crippen molar-refractivity contribution in [3.63, 3.8) is 0 Å². The van der Waals surface area contributed by atoms with Crippen LogP contribution in [0.4, 0.5) is 0 Å². The molecule has 168 valence electrons. The third-order valence-electron chi connectivity index (χ3n) is 3.89. The zero-order chi connectivity index (χ0) is 21.8. The zero-order valence-corrected chi connectivity index (χ0v) is 20.5. The van der Waals surface area contributed by atoms with Crippen LogP contribution in [0.1, 0.15) is 13.8 Å². The van der Waals surface area contributed by atoms with Crippen LogP contribution in [0.3, 0.4) is 0 Å². The number of ether oxygens (including phenoxy) is 2. The average Bonchev–Trinajstić information content (AvgIpc) is 3.18. The number of aromatic nitrogens is 2. The summed E-state index contributed by atoms with van der Waals surface area (Å²) in [5, 5.41) is 20.0. The van der Waals surface area contributed by atoms with Gasteiger partial charge in [-0.2, -0.15) is 0 Å². The first-order valence-corrected chi connectivity index (χ1v) is 11.0. The number of aliphatic hydroxyl groups excluding tert-OH is 1. The van der Waals surface area contributed by atoms with Gasteiger partial charge in [-0.3, -0.25) is 0 Å². The Balaban J connectivity index is 0.00000341. The third kappa shape index (κ3) is 6.58. The minimum absolute atomic E-state index is 0. The molecule has 1 atom stereocenters. The summed E-state index contributed by atoms with van der Waals surface area (Å²) < 4.78 is 11.2. The van der Waals surface area contributed by atoms with E-state index in [1.807, 2.05) is 26.0 Å². The Morgan fingerprint density at radius 3 is 2.13 bits per heavy atom. The maximum atomic E-state index is 9.01. The molecule has 0 radical (unpaired) electrons. The van der Waals surface area contributed by atoms with E-state index in [0.717, 1.165) is 5.56 Å². The van der Waals surface area contributed by atoms with Gasteiger partial charge in [-0.15, -0.1) is 22.6 Å². The van der Waals surface area contributed by atoms with Crippen molar-refractivity contribution in [3.05, 3.63) is 45.4 Å². The van der Waals surface area contributed by atoms with Crippen LogP contribution in [0.5, 0.6) is 11.5 Å². The maximum Gasteiger partial charge on any atom is 0.156 e. The molecule has 0 saturated heterocycles. The predicted molar refractivity (Wildman–Crippen MR) is 129 cm³/mol. The highest BCUT2D eigenvalue weighted by Crippen LogP contribution is 2.40. The Hall–Kier alpha value is -1.32. The van der Waals surface area contributed by atoms with Crippen molar-refractivity contribution in [2.24, 2.45) is 5.73 Å². The van der Waals surface area contributed by atoms with E-state index < -0.39 is 6.04 Å². The van der Waals surface area contributed by atoms with Crippen molar-refractivity contribution in [2.45, 2.75) is 26.0 Å². The third-order valence-corrected chi connectivity index (χ3v) is 5.77. The Bertz CT molecular complexity index is 1010. The molecule has 3 rings (SSSR count). The lowest BCUT2D eigenvalue weighted by Gasteiger charge is -2.13. The molecule has 11 heteroatoms. The Kier molecular flexibility index (Phi) is 9.64. The lowest BCUT2D eigenvalue weighted by Crippen LogP contribution is -2.31. The van der Waals surface area contributed by atoms with E-state index in [1.54, 1.807) is 18.2 Å². The minimum Gasteiger partial charge on any atom is -0.489 e. The van der Waals surface area contributed by atoms with E-state index >= 15 is 0 Å². The molecular formula is C20H21Cl4N3O3S. The summed E-state index contributed by atoms with van der Waals surface area (Å²) >= 11 is 20.4. The van der Waals surface area contributed by atoms with Gasteiger partial charge in [-0.05, 0) is 44.2 Å². The number of halogens is 4. The molecule has 3 aromatic rings. The summed E-state index contributed by atoms with van der Waals surface area (Å²) in [6, 6.07) is 8.37. The van der Waals surface area contributed by atoms with Crippen LogP contribution in [0, 0.1) is 0 Å². The van der Waals surface area contributed by atoms with Gasteiger partial charge in [-0.25, -0.2) is 0 Å². The van der Waals surface area contributed by atoms with Gasteiger partial charge in [0, 0.05) is 11.1 Å². The quantitative estimate of drug-likeness (QED) is 0.390. The van der Waals surface area contributed by atoms with Crippen molar-refractivity contribution >= 4 is 58.5 Å². The molecule has 0 aliphatic rings. The van der Waals surface area contributed by atoms with Gasteiger partial charge in [0.05, 0.1) is 33.8 Å². The fourth-order valence-electron chi connectivity index (χ4n) is 2.50. The maximum absolute atomic E-state index is 9.01. The van der Waals surface area contributed by atoms with Gasteiger partial charge >= 0.3 is 0 Å². The molecule has 0 bridgehead atoms. The number of benzene rings is 2. The second-order valence-electron chi connectivity index (χ2n) is 6.75. The molecule has 6 nitrogen and oxygen atoms in total. The summed E-state index contributed by atoms with van der Waals surface area (Å²) in [6.45, 7) is 3.77. The average molecular weight is 525 g/mol. The van der Waals surface area contributed by atoms with Crippen molar-refractivity contribution in [2.75, 3.05) is 13.2 Å². The number of aliphatic hydroxyl groups is 1. The van der Waals surface area contributed by atoms with Crippen molar-refractivity contribution in [1.82, 2.24) is 10.2 Å². The molecule has 0 saturated carbocycles. The molecule has 1 aromatic heterocycles. The molecule has 1 heterocycles. The second-order valence-corrected chi connectivity index (χ2v) is 8.95. The molecule has 0 aliphatic heterocycles. The zero-order valence-electron chi connectivity index (χ0n) is 16.6. The standard InChI is InChI=1S/C20H20Cl3N3O3S.ClH/c1-10(2)29-17-4-3-11(5-14(17)21)19-25-26-20(30-19)12-6-15(22)18(16(23)7-12)28-9-13(24)8-27;/h3-7,10,13,27H,8-9,24H2,1-2H3;1H/t13-;/m1./s1. The first kappa shape index (κ1) is 25.9. The first-order valence-electron chi connectivity index (χ1n) is 9.07. The van der Waals surface area contributed by atoms with Gasteiger partial charge in [0.15, 0.2) is 5.75 Å². The van der Waals surface area contributed by atoms with Gasteiger partial charge in [0.1, 0.15) is 22.4 Å². The number of hydrogen-bond acceptors (Lipinski definition) is 7. The van der Waals surface area contributed by atoms with Crippen molar-refractivity contribution in [1.29, 1.82) is 0 Å². The number of nitrogens with zero attached hydrogens (tertiary/aromatic N) is 2. The van der Waals surface area contributed by atoms with Crippen LogP contribution in [0.15, 0.2) is 30.3 Å². The van der Waals surface area contributed by atoms with Gasteiger partial charge < -0.3 is 20.3 Å². The molecule has 3 N–H and O–H groups in total. The molecular weight excluding hydrogens is 504 g/mol. The van der Waals surface area contributed by atoms with E-state index in [-0.39, 0.29) is 31.7 Å². The second kappa shape index (κ2) is 11.5. The molecule has 0 amide bonds. The van der Waals surface area contributed by atoms with Crippen molar-refractivity contribution < 1.29 is 14.6 Å². The van der Waals surface area contributed by atoms with E-state index in [0.29, 0.717) is 42.1 Å². The summed E-state index contributed by atoms with van der Waals surface area (Å²) in [4.78, 5) is 0. The predicted octanol–water partition coefficient (Wildman–Crippen LogP) is 5.74. The smallest absolute Gasteiger partial charge is 0.156 e. The van der Waals surface area contributed by atoms with E-state index in [1.165, 1.54) is 11.3 Å². The Morgan fingerprint density at radius 2 is 1.58 bits per heavy atom. The van der Waals surface area contributed by atoms with Crippen LogP contribution in [-0.2, 0) is 0 Å². The highest BCUT2D eigenvalue weighted by molar-refractivity contribution is 7.17. The summed E-state index contributed by atoms with van der Waals surface area (Å²) in [7, 11) is 0. The largest absolute Gasteiger partial charge is 0.489 e. The first-order chi connectivity index (χ1) is 14.3. The molecule has 2 aromatic carbocycles. The summed E-state index contributed by atoms with van der Waals surface area (Å²) in [5.41, 5.74) is 7.18. The monoisotopic (exact) mass is 523 g/mol. The topological polar surface area (TPSA) is 90.5 Å². The van der Waals surface area contributed by atoms with Crippen molar-refractivity contribution in [3.8, 4) is 32.6 Å². The van der Waals surface area contributed by atoms with Crippen LogP contribution < -0.4 is 15.2 Å².